The molecular formula is C12H17I2NO2S. The van der Waals surface area contributed by atoms with Crippen molar-refractivity contribution in [1.82, 2.24) is 4.31 Å². The fourth-order valence-corrected chi connectivity index (χ4v) is 5.74. The Morgan fingerprint density at radius 1 is 1.06 bits per heavy atom. The summed E-state index contributed by atoms with van der Waals surface area (Å²) < 4.78 is 28.7. The minimum absolute atomic E-state index is 0.0522. The topological polar surface area (TPSA) is 37.4 Å². The number of sulfonamides is 1. The Hall–Kier alpha value is 0.590. The highest BCUT2D eigenvalue weighted by Crippen LogP contribution is 2.26. The van der Waals surface area contributed by atoms with Crippen LogP contribution in [0.15, 0.2) is 23.1 Å². The number of benzene rings is 1. The zero-order valence-electron chi connectivity index (χ0n) is 10.8. The Morgan fingerprint density at radius 3 is 2.00 bits per heavy atom. The fraction of sp³-hybridized carbons (Fsp3) is 0.500. The standard InChI is InChI=1S/C12H17I2NO2S/c1-8(2)15(9(3)4)18(16,17)12-7-10(13)5-6-11(12)14/h5-9H,1-4H3. The Kier molecular flexibility index (Phi) is 5.88. The van der Waals surface area contributed by atoms with Gasteiger partial charge in [-0.25, -0.2) is 8.42 Å². The van der Waals surface area contributed by atoms with Crippen LogP contribution in [0.1, 0.15) is 27.7 Å². The maximum absolute atomic E-state index is 12.7. The highest BCUT2D eigenvalue weighted by Gasteiger charge is 2.30. The molecule has 102 valence electrons. The molecule has 0 radical (unpaired) electrons. The summed E-state index contributed by atoms with van der Waals surface area (Å²) in [7, 11) is -3.43. The smallest absolute Gasteiger partial charge is 0.207 e. The van der Waals surface area contributed by atoms with Gasteiger partial charge >= 0.3 is 0 Å². The maximum atomic E-state index is 12.7. The van der Waals surface area contributed by atoms with E-state index in [-0.39, 0.29) is 12.1 Å². The average Bonchev–Trinajstić information content (AvgIpc) is 2.19. The van der Waals surface area contributed by atoms with Crippen LogP contribution in [0.2, 0.25) is 0 Å². The summed E-state index contributed by atoms with van der Waals surface area (Å²) >= 11 is 4.21. The summed E-state index contributed by atoms with van der Waals surface area (Å²) in [6, 6.07) is 5.38. The molecule has 0 aromatic heterocycles. The zero-order chi connectivity index (χ0) is 14.1. The van der Waals surface area contributed by atoms with Gasteiger partial charge in [-0.3, -0.25) is 0 Å². The van der Waals surface area contributed by atoms with Crippen LogP contribution in [0.5, 0.6) is 0 Å². The molecule has 1 aromatic carbocycles. The molecule has 0 fully saturated rings. The molecule has 1 rings (SSSR count). The lowest BCUT2D eigenvalue weighted by molar-refractivity contribution is 0.302. The van der Waals surface area contributed by atoms with Gasteiger partial charge in [0, 0.05) is 19.2 Å². The highest BCUT2D eigenvalue weighted by molar-refractivity contribution is 14.1. The predicted molar refractivity (Wildman–Crippen MR) is 91.2 cm³/mol. The number of nitrogens with zero attached hydrogens (tertiary/aromatic N) is 1. The molecule has 1 aromatic rings. The highest BCUT2D eigenvalue weighted by atomic mass is 127. The van der Waals surface area contributed by atoms with E-state index < -0.39 is 10.0 Å². The van der Waals surface area contributed by atoms with Gasteiger partial charge in [0.2, 0.25) is 10.0 Å². The molecule has 6 heteroatoms. The van der Waals surface area contributed by atoms with Gasteiger partial charge in [-0.2, -0.15) is 4.31 Å². The van der Waals surface area contributed by atoms with E-state index in [1.165, 1.54) is 0 Å². The minimum atomic E-state index is -3.43. The van der Waals surface area contributed by atoms with Crippen LogP contribution in [0.4, 0.5) is 0 Å². The SMILES string of the molecule is CC(C)N(C(C)C)S(=O)(=O)c1cc(I)ccc1I. The molecule has 0 heterocycles. The molecule has 0 saturated carbocycles. The van der Waals surface area contributed by atoms with Crippen molar-refractivity contribution in [3.8, 4) is 0 Å². The fourth-order valence-electron chi connectivity index (χ4n) is 1.94. The van der Waals surface area contributed by atoms with E-state index in [0.29, 0.717) is 4.90 Å². The van der Waals surface area contributed by atoms with Crippen molar-refractivity contribution in [3.63, 3.8) is 0 Å². The van der Waals surface area contributed by atoms with E-state index in [4.69, 9.17) is 0 Å². The molecule has 0 spiro atoms. The summed E-state index contributed by atoms with van der Waals surface area (Å²) in [6.45, 7) is 7.60. The first-order valence-electron chi connectivity index (χ1n) is 5.66. The second-order valence-electron chi connectivity index (χ2n) is 4.60. The van der Waals surface area contributed by atoms with Gasteiger partial charge in [0.15, 0.2) is 0 Å². The molecule has 0 unspecified atom stereocenters. The lowest BCUT2D eigenvalue weighted by Gasteiger charge is -2.30. The van der Waals surface area contributed by atoms with Crippen molar-refractivity contribution in [3.05, 3.63) is 25.3 Å². The Labute approximate surface area is 137 Å². The normalized spacial score (nSPS) is 12.7. The van der Waals surface area contributed by atoms with Gasteiger partial charge in [0.1, 0.15) is 0 Å². The van der Waals surface area contributed by atoms with E-state index in [1.54, 1.807) is 10.4 Å². The van der Waals surface area contributed by atoms with Crippen LogP contribution in [-0.2, 0) is 10.0 Å². The lowest BCUT2D eigenvalue weighted by atomic mass is 10.3. The average molecular weight is 493 g/mol. The first-order chi connectivity index (χ1) is 8.17. The third-order valence-corrected chi connectivity index (χ3v) is 6.74. The summed E-state index contributed by atoms with van der Waals surface area (Å²) in [5.41, 5.74) is 0. The predicted octanol–water partition coefficient (Wildman–Crippen LogP) is 3.70. The molecule has 0 aliphatic heterocycles. The van der Waals surface area contributed by atoms with E-state index in [0.717, 1.165) is 7.14 Å². The first-order valence-corrected chi connectivity index (χ1v) is 9.26. The molecule has 0 bridgehead atoms. The van der Waals surface area contributed by atoms with E-state index >= 15 is 0 Å². The Bertz CT molecular complexity index is 519. The molecule has 3 nitrogen and oxygen atoms in total. The third-order valence-electron chi connectivity index (χ3n) is 2.47. The van der Waals surface area contributed by atoms with Crippen molar-refractivity contribution in [1.29, 1.82) is 0 Å². The van der Waals surface area contributed by atoms with Crippen molar-refractivity contribution >= 4 is 55.2 Å². The molecule has 0 aliphatic carbocycles. The van der Waals surface area contributed by atoms with Crippen LogP contribution in [0, 0.1) is 7.14 Å². The third kappa shape index (κ3) is 3.57. The van der Waals surface area contributed by atoms with Gasteiger partial charge in [0.25, 0.3) is 0 Å². The van der Waals surface area contributed by atoms with Gasteiger partial charge in [0.05, 0.1) is 4.90 Å². The Morgan fingerprint density at radius 2 is 1.56 bits per heavy atom. The molecule has 0 aliphatic rings. The van der Waals surface area contributed by atoms with E-state index in [2.05, 4.69) is 45.2 Å². The number of rotatable bonds is 4. The zero-order valence-corrected chi connectivity index (χ0v) is 15.9. The van der Waals surface area contributed by atoms with Crippen LogP contribution in [0.25, 0.3) is 0 Å². The lowest BCUT2D eigenvalue weighted by Crippen LogP contribution is -2.42. The van der Waals surface area contributed by atoms with Crippen molar-refractivity contribution < 1.29 is 8.42 Å². The maximum Gasteiger partial charge on any atom is 0.244 e. The minimum Gasteiger partial charge on any atom is -0.207 e. The summed E-state index contributed by atoms with van der Waals surface area (Å²) in [6.07, 6.45) is 0. The number of hydrogen-bond acceptors (Lipinski definition) is 2. The Balaban J connectivity index is 3.40. The van der Waals surface area contributed by atoms with Crippen LogP contribution in [-0.4, -0.2) is 24.8 Å². The molecule has 0 N–H and O–H groups in total. The summed E-state index contributed by atoms with van der Waals surface area (Å²) in [5, 5.41) is 0. The second-order valence-corrected chi connectivity index (χ2v) is 8.82. The van der Waals surface area contributed by atoms with E-state index in [9.17, 15) is 8.42 Å². The molecular weight excluding hydrogens is 476 g/mol. The molecule has 18 heavy (non-hydrogen) atoms. The van der Waals surface area contributed by atoms with Crippen LogP contribution in [0.3, 0.4) is 0 Å². The van der Waals surface area contributed by atoms with Crippen molar-refractivity contribution in [2.75, 3.05) is 0 Å². The summed E-state index contributed by atoms with van der Waals surface area (Å²) in [5.74, 6) is 0. The number of halogens is 2. The molecule has 0 atom stereocenters. The van der Waals surface area contributed by atoms with Gasteiger partial charge in [-0.1, -0.05) is 0 Å². The monoisotopic (exact) mass is 493 g/mol. The quantitative estimate of drug-likeness (QED) is 0.601. The first kappa shape index (κ1) is 16.6. The second kappa shape index (κ2) is 6.36. The number of hydrogen-bond donors (Lipinski definition) is 0. The van der Waals surface area contributed by atoms with Crippen LogP contribution >= 0.6 is 45.2 Å². The van der Waals surface area contributed by atoms with Gasteiger partial charge in [-0.15, -0.1) is 0 Å². The molecule has 0 saturated heterocycles. The van der Waals surface area contributed by atoms with Crippen molar-refractivity contribution in [2.45, 2.75) is 44.7 Å². The van der Waals surface area contributed by atoms with Gasteiger partial charge < -0.3 is 0 Å². The van der Waals surface area contributed by atoms with E-state index in [1.807, 2.05) is 39.8 Å². The van der Waals surface area contributed by atoms with Crippen molar-refractivity contribution in [2.24, 2.45) is 0 Å². The van der Waals surface area contributed by atoms with Crippen LogP contribution < -0.4 is 0 Å². The largest absolute Gasteiger partial charge is 0.244 e. The van der Waals surface area contributed by atoms with Gasteiger partial charge in [-0.05, 0) is 91.1 Å². The molecule has 0 amide bonds. The summed E-state index contributed by atoms with van der Waals surface area (Å²) in [4.78, 5) is 0.400.